The van der Waals surface area contributed by atoms with Crippen molar-refractivity contribution in [1.82, 2.24) is 0 Å². The number of hydrogen-bond donors (Lipinski definition) is 1. The van der Waals surface area contributed by atoms with Crippen LogP contribution < -0.4 is 14.9 Å². The number of nitrogens with one attached hydrogen (secondary N) is 1. The van der Waals surface area contributed by atoms with E-state index in [4.69, 9.17) is 4.74 Å². The molecular weight excluding hydrogens is 306 g/mol. The average Bonchev–Trinajstić information content (AvgIpc) is 2.90. The molecule has 0 saturated carbocycles. The number of rotatable bonds is 1. The molecule has 124 valence electrons. The van der Waals surface area contributed by atoms with Crippen molar-refractivity contribution < 1.29 is 14.3 Å². The fraction of sp³-hybridized carbons (Fsp3) is 0.333. The number of ether oxygens (including phenoxy) is 1. The van der Waals surface area contributed by atoms with Gasteiger partial charge in [0.1, 0.15) is 5.69 Å². The van der Waals surface area contributed by atoms with Crippen molar-refractivity contribution in [2.75, 3.05) is 30.0 Å². The van der Waals surface area contributed by atoms with E-state index in [0.717, 1.165) is 31.7 Å². The minimum Gasteiger partial charge on any atom is -0.619 e. The van der Waals surface area contributed by atoms with Gasteiger partial charge >= 0.3 is 6.03 Å². The third-order valence-electron chi connectivity index (χ3n) is 4.95. The first-order valence-corrected chi connectivity index (χ1v) is 8.13. The van der Waals surface area contributed by atoms with Crippen LogP contribution in [0.15, 0.2) is 48.8 Å². The quantitative estimate of drug-likeness (QED) is 0.647. The number of pyridine rings is 1. The molecule has 0 aliphatic carbocycles. The molecule has 0 bridgehead atoms. The number of fused-ring (bicyclic) bond motifs is 2. The molecule has 6 heteroatoms. The van der Waals surface area contributed by atoms with Crippen LogP contribution in [0.3, 0.4) is 0 Å². The normalized spacial score (nSPS) is 18.4. The molecule has 2 aromatic rings. The van der Waals surface area contributed by atoms with Gasteiger partial charge in [0, 0.05) is 36.9 Å². The van der Waals surface area contributed by atoms with Crippen LogP contribution in [-0.2, 0) is 10.2 Å². The van der Waals surface area contributed by atoms with Crippen LogP contribution in [0, 0.1) is 5.21 Å². The Morgan fingerprint density at radius 3 is 2.79 bits per heavy atom. The highest BCUT2D eigenvalue weighted by molar-refractivity contribution is 6.03. The number of benzene rings is 1. The van der Waals surface area contributed by atoms with Crippen molar-refractivity contribution >= 4 is 17.4 Å². The number of aromatic nitrogens is 1. The van der Waals surface area contributed by atoms with E-state index in [0.29, 0.717) is 17.0 Å². The number of carbonyl (C=O) groups excluding carboxylic acids is 1. The first-order chi connectivity index (χ1) is 11.7. The molecule has 24 heavy (non-hydrogen) atoms. The van der Waals surface area contributed by atoms with Crippen LogP contribution in [0.1, 0.15) is 18.4 Å². The largest absolute Gasteiger partial charge is 0.619 e. The summed E-state index contributed by atoms with van der Waals surface area (Å²) in [6.07, 6.45) is 4.57. The van der Waals surface area contributed by atoms with Gasteiger partial charge < -0.3 is 15.3 Å². The lowest BCUT2D eigenvalue weighted by Gasteiger charge is -2.34. The van der Waals surface area contributed by atoms with E-state index in [9.17, 15) is 10.0 Å². The zero-order valence-electron chi connectivity index (χ0n) is 13.3. The van der Waals surface area contributed by atoms with Gasteiger partial charge in [0.2, 0.25) is 6.20 Å². The molecule has 0 unspecified atom stereocenters. The van der Waals surface area contributed by atoms with E-state index in [2.05, 4.69) is 11.4 Å². The number of para-hydroxylation sites is 1. The summed E-state index contributed by atoms with van der Waals surface area (Å²) in [7, 11) is 0. The number of carbonyl (C=O) groups is 1. The first kappa shape index (κ1) is 15.0. The average molecular weight is 325 g/mol. The number of anilines is 2. The highest BCUT2D eigenvalue weighted by Crippen LogP contribution is 2.46. The highest BCUT2D eigenvalue weighted by atomic mass is 16.5. The second kappa shape index (κ2) is 5.79. The maximum atomic E-state index is 12.8. The molecule has 1 spiro atoms. The Kier molecular flexibility index (Phi) is 3.61. The molecule has 4 rings (SSSR count). The van der Waals surface area contributed by atoms with E-state index in [1.165, 1.54) is 18.0 Å². The van der Waals surface area contributed by atoms with Crippen LogP contribution in [0.5, 0.6) is 0 Å². The molecular formula is C18H19N3O3. The second-order valence-electron chi connectivity index (χ2n) is 6.38. The highest BCUT2D eigenvalue weighted by Gasteiger charge is 2.45. The minimum atomic E-state index is -0.211. The third-order valence-corrected chi connectivity index (χ3v) is 4.95. The molecule has 0 atom stereocenters. The molecule has 0 radical (unpaired) electrons. The Morgan fingerprint density at radius 2 is 2.00 bits per heavy atom. The second-order valence-corrected chi connectivity index (χ2v) is 6.38. The SMILES string of the molecule is O=C(Nc1ccc[n+]([O-])c1)N1CC2(CCOCC2)c2ccccc21. The molecule has 2 aliphatic heterocycles. The van der Waals surface area contributed by atoms with Crippen molar-refractivity contribution in [1.29, 1.82) is 0 Å². The first-order valence-electron chi connectivity index (χ1n) is 8.13. The number of urea groups is 1. The maximum absolute atomic E-state index is 12.8. The number of hydrogen-bond acceptors (Lipinski definition) is 3. The molecule has 1 saturated heterocycles. The Labute approximate surface area is 140 Å². The summed E-state index contributed by atoms with van der Waals surface area (Å²) >= 11 is 0. The smallest absolute Gasteiger partial charge is 0.326 e. The van der Waals surface area contributed by atoms with Crippen molar-refractivity contribution in [2.45, 2.75) is 18.3 Å². The summed E-state index contributed by atoms with van der Waals surface area (Å²) in [5.74, 6) is 0. The summed E-state index contributed by atoms with van der Waals surface area (Å²) < 4.78 is 6.19. The van der Waals surface area contributed by atoms with Gasteiger partial charge in [0.15, 0.2) is 6.20 Å². The van der Waals surface area contributed by atoms with E-state index in [-0.39, 0.29) is 11.4 Å². The minimum absolute atomic E-state index is 0.0265. The summed E-state index contributed by atoms with van der Waals surface area (Å²) in [6.45, 7) is 2.09. The maximum Gasteiger partial charge on any atom is 0.326 e. The number of nitrogens with zero attached hydrogens (tertiary/aromatic N) is 2. The lowest BCUT2D eigenvalue weighted by atomic mass is 9.76. The van der Waals surface area contributed by atoms with Crippen LogP contribution in [0.2, 0.25) is 0 Å². The molecule has 1 fully saturated rings. The van der Waals surface area contributed by atoms with Gasteiger partial charge in [-0.3, -0.25) is 4.90 Å². The van der Waals surface area contributed by atoms with E-state index >= 15 is 0 Å². The summed E-state index contributed by atoms with van der Waals surface area (Å²) in [6, 6.07) is 11.2. The van der Waals surface area contributed by atoms with Gasteiger partial charge in [-0.15, -0.1) is 0 Å². The Hall–Kier alpha value is -2.60. The molecule has 1 N–H and O–H groups in total. The van der Waals surface area contributed by atoms with Gasteiger partial charge in [-0.05, 0) is 30.5 Å². The van der Waals surface area contributed by atoms with Crippen LogP contribution in [0.4, 0.5) is 16.2 Å². The van der Waals surface area contributed by atoms with Gasteiger partial charge in [0.05, 0.1) is 0 Å². The lowest BCUT2D eigenvalue weighted by molar-refractivity contribution is -0.604. The van der Waals surface area contributed by atoms with Crippen molar-refractivity contribution in [3.63, 3.8) is 0 Å². The molecule has 2 amide bonds. The van der Waals surface area contributed by atoms with Gasteiger partial charge in [0.25, 0.3) is 0 Å². The zero-order valence-corrected chi connectivity index (χ0v) is 13.3. The van der Waals surface area contributed by atoms with E-state index < -0.39 is 0 Å². The van der Waals surface area contributed by atoms with E-state index in [1.54, 1.807) is 17.0 Å². The molecule has 2 aliphatic rings. The van der Waals surface area contributed by atoms with Gasteiger partial charge in [-0.2, -0.15) is 4.73 Å². The molecule has 3 heterocycles. The monoisotopic (exact) mass is 325 g/mol. The lowest BCUT2D eigenvalue weighted by Crippen LogP contribution is -2.42. The molecule has 6 nitrogen and oxygen atoms in total. The summed E-state index contributed by atoms with van der Waals surface area (Å²) in [5, 5.41) is 14.2. The standard InChI is InChI=1S/C18H19N3O3/c22-17(19-14-4-3-9-20(23)12-14)21-13-18(7-10-24-11-8-18)15-5-1-2-6-16(15)21/h1-6,9,12H,7-8,10-11,13H2,(H,19,22). The van der Waals surface area contributed by atoms with Crippen LogP contribution in [0.25, 0.3) is 0 Å². The van der Waals surface area contributed by atoms with Crippen molar-refractivity contribution in [3.8, 4) is 0 Å². The fourth-order valence-corrected chi connectivity index (χ4v) is 3.72. The van der Waals surface area contributed by atoms with Crippen molar-refractivity contribution in [2.24, 2.45) is 0 Å². The predicted octanol–water partition coefficient (Wildman–Crippen LogP) is 2.42. The van der Waals surface area contributed by atoms with Gasteiger partial charge in [-0.1, -0.05) is 18.2 Å². The Morgan fingerprint density at radius 1 is 1.21 bits per heavy atom. The Balaban J connectivity index is 1.63. The van der Waals surface area contributed by atoms with Gasteiger partial charge in [-0.25, -0.2) is 4.79 Å². The third kappa shape index (κ3) is 2.49. The fourth-order valence-electron chi connectivity index (χ4n) is 3.72. The molecule has 1 aromatic heterocycles. The number of amides is 2. The zero-order chi connectivity index (χ0) is 16.6. The van der Waals surface area contributed by atoms with Crippen LogP contribution >= 0.6 is 0 Å². The summed E-state index contributed by atoms with van der Waals surface area (Å²) in [4.78, 5) is 14.6. The van der Waals surface area contributed by atoms with Crippen LogP contribution in [-0.4, -0.2) is 25.8 Å². The topological polar surface area (TPSA) is 68.5 Å². The predicted molar refractivity (Wildman–Crippen MR) is 89.9 cm³/mol. The summed E-state index contributed by atoms with van der Waals surface area (Å²) in [5.41, 5.74) is 2.63. The Bertz CT molecular complexity index is 772. The molecule has 1 aromatic carbocycles. The van der Waals surface area contributed by atoms with E-state index in [1.807, 2.05) is 18.2 Å². The van der Waals surface area contributed by atoms with Crippen molar-refractivity contribution in [3.05, 3.63) is 59.6 Å².